The van der Waals surface area contributed by atoms with Gasteiger partial charge >= 0.3 is 63.1 Å². The molecule has 0 amide bonds. The minimum atomic E-state index is -3.62. The fourth-order valence-corrected chi connectivity index (χ4v) is 3.39. The van der Waals surface area contributed by atoms with E-state index in [0.29, 0.717) is 0 Å². The van der Waals surface area contributed by atoms with Gasteiger partial charge in [0.1, 0.15) is 19.6 Å². The van der Waals surface area contributed by atoms with Crippen molar-refractivity contribution in [1.29, 1.82) is 0 Å². The number of benzene rings is 3. The van der Waals surface area contributed by atoms with Gasteiger partial charge < -0.3 is 23.6 Å². The van der Waals surface area contributed by atoms with Crippen molar-refractivity contribution >= 4 is 53.2 Å². The van der Waals surface area contributed by atoms with Crippen molar-refractivity contribution < 1.29 is 33.5 Å². The molecule has 260 valence electrons. The quantitative estimate of drug-likeness (QED) is 0.107. The number of rotatable bonds is 6. The normalized spacial score (nSPS) is 12.6. The summed E-state index contributed by atoms with van der Waals surface area (Å²) < 4.78 is 13.5. The molecular weight excluding hydrogens is 914 g/mol. The first-order chi connectivity index (χ1) is 20.0. The Labute approximate surface area is 301 Å². The first-order valence-electron chi connectivity index (χ1n) is 14.4. The molecule has 0 aromatic heterocycles. The summed E-state index contributed by atoms with van der Waals surface area (Å²) in [5, 5.41) is 9.45. The van der Waals surface area contributed by atoms with Crippen LogP contribution in [0.25, 0.3) is 0 Å². The van der Waals surface area contributed by atoms with Gasteiger partial charge in [0.2, 0.25) is 0 Å². The molecule has 0 spiro atoms. The van der Waals surface area contributed by atoms with Crippen LogP contribution in [0, 0.1) is 0 Å². The first kappa shape index (κ1) is 47.0. The number of nitrogens with zero attached hydrogens (tertiary/aromatic N) is 3. The fourth-order valence-electron chi connectivity index (χ4n) is 3.39. The molecule has 0 aliphatic carbocycles. The van der Waals surface area contributed by atoms with Gasteiger partial charge in [0.25, 0.3) is 0 Å². The van der Waals surface area contributed by atoms with Crippen LogP contribution in [0.15, 0.2) is 91.0 Å². The van der Waals surface area contributed by atoms with E-state index in [2.05, 4.69) is 213 Å². The molecule has 0 heterocycles. The maximum atomic E-state index is 10.5. The standard InChI is InChI=1S/3C10H16N.C4H10O2.4BrH.Mo.O/c3*1-11(2,3)9-10-7-5-4-6-8-10;1-4(2,3)6-5;;;;;;/h3*4-8H,9H2,1-3H3;5H,1-3H3;4*1H;;/q3*+1;;;;;;+2;/p-5. The monoisotopic (exact) mass is 969 g/mol. The molecule has 0 aliphatic rings. The topological polar surface area (TPSA) is 49.4 Å². The van der Waals surface area contributed by atoms with E-state index in [4.69, 9.17) is 0 Å². The molecular formula is C34H57Br4MoN3O3. The second-order valence-electron chi connectivity index (χ2n) is 14.6. The molecule has 6 nitrogen and oxygen atoms in total. The molecule has 45 heavy (non-hydrogen) atoms. The Kier molecular flexibility index (Phi) is 22.0. The Morgan fingerprint density at radius 3 is 0.800 bits per heavy atom. The van der Waals surface area contributed by atoms with Crippen molar-refractivity contribution in [2.24, 2.45) is 0 Å². The molecule has 0 saturated heterocycles. The molecule has 0 unspecified atom stereocenters. The number of halogens is 4. The molecule has 3 aromatic rings. The molecule has 0 N–H and O–H groups in total. The number of hydrogen-bond acceptors (Lipinski definition) is 3. The van der Waals surface area contributed by atoms with Crippen molar-refractivity contribution in [2.45, 2.75) is 46.0 Å². The van der Waals surface area contributed by atoms with E-state index in [1.165, 1.54) is 16.7 Å². The van der Waals surface area contributed by atoms with Crippen LogP contribution < -0.4 is 5.26 Å². The Morgan fingerprint density at radius 1 is 0.533 bits per heavy atom. The van der Waals surface area contributed by atoms with Crippen molar-refractivity contribution in [3.8, 4) is 0 Å². The van der Waals surface area contributed by atoms with Crippen LogP contribution in [0.1, 0.15) is 37.5 Å². The van der Waals surface area contributed by atoms with Gasteiger partial charge in [0.05, 0.1) is 63.4 Å². The van der Waals surface area contributed by atoms with Crippen LogP contribution in [-0.2, 0) is 34.5 Å². The molecule has 0 atom stereocenters. The summed E-state index contributed by atoms with van der Waals surface area (Å²) in [7, 11) is 19.8. The van der Waals surface area contributed by atoms with E-state index >= 15 is 0 Å². The summed E-state index contributed by atoms with van der Waals surface area (Å²) >= 11 is 11.5. The molecule has 3 aromatic carbocycles. The first-order valence-corrected chi connectivity index (χ1v) is 33.6. The predicted octanol–water partition coefficient (Wildman–Crippen LogP) is 9.02. The zero-order valence-electron chi connectivity index (χ0n) is 29.3. The third-order valence-corrected chi connectivity index (χ3v) is 4.75. The minimum absolute atomic E-state index is 0.514. The molecule has 0 radical (unpaired) electrons. The summed E-state index contributed by atoms with van der Waals surface area (Å²) in [4.78, 5) is 3.69. The molecule has 11 heteroatoms. The molecule has 0 aliphatic heterocycles. The van der Waals surface area contributed by atoms with E-state index in [9.17, 15) is 8.65 Å². The van der Waals surface area contributed by atoms with Crippen molar-refractivity contribution in [3.63, 3.8) is 0 Å². The third kappa shape index (κ3) is 43.9. The second-order valence-corrected chi connectivity index (χ2v) is 77.6. The number of quaternary nitrogens is 3. The van der Waals surface area contributed by atoms with Crippen LogP contribution in [0.2, 0.25) is 0 Å². The summed E-state index contributed by atoms with van der Waals surface area (Å²) in [5.41, 5.74) is 3.69. The van der Waals surface area contributed by atoms with E-state index in [0.717, 1.165) is 33.1 Å². The maximum absolute atomic E-state index is 10.5. The summed E-state index contributed by atoms with van der Waals surface area (Å²) in [5.74, 6) is 0. The van der Waals surface area contributed by atoms with Gasteiger partial charge in [-0.3, -0.25) is 0 Å². The van der Waals surface area contributed by atoms with Gasteiger partial charge in [-0.05, 0) is 20.8 Å². The van der Waals surface area contributed by atoms with E-state index in [1.807, 2.05) is 0 Å². The van der Waals surface area contributed by atoms with Crippen LogP contribution >= 0.6 is 53.2 Å². The van der Waals surface area contributed by atoms with E-state index in [-0.39, 0.29) is 0 Å². The van der Waals surface area contributed by atoms with Crippen LogP contribution in [-0.4, -0.2) is 82.5 Å². The predicted molar refractivity (Wildman–Crippen MR) is 202 cm³/mol. The van der Waals surface area contributed by atoms with Gasteiger partial charge in [0, 0.05) is 22.3 Å². The Morgan fingerprint density at radius 2 is 0.689 bits per heavy atom. The van der Waals surface area contributed by atoms with E-state index < -0.39 is 12.1 Å². The second kappa shape index (κ2) is 21.1. The average molecular weight is 971 g/mol. The molecule has 0 fully saturated rings. The molecule has 0 saturated carbocycles. The van der Waals surface area contributed by atoms with Crippen molar-refractivity contribution in [3.05, 3.63) is 108 Å². The van der Waals surface area contributed by atoms with Crippen LogP contribution in [0.3, 0.4) is 0 Å². The average Bonchev–Trinajstić information content (AvgIpc) is 2.82. The zero-order chi connectivity index (χ0) is 35.6. The van der Waals surface area contributed by atoms with Crippen LogP contribution in [0.4, 0.5) is 0 Å². The fraction of sp³-hybridized carbons (Fsp3) is 0.471. The van der Waals surface area contributed by atoms with Crippen LogP contribution in [0.5, 0.6) is 0 Å². The van der Waals surface area contributed by atoms with Crippen molar-refractivity contribution in [2.75, 3.05) is 63.4 Å². The third-order valence-electron chi connectivity index (χ3n) is 4.75. The Bertz CT molecular complexity index is 1090. The number of hydrogen-bond donors (Lipinski definition) is 0. The van der Waals surface area contributed by atoms with Gasteiger partial charge in [0.15, 0.2) is 0 Å². The molecule has 0 bridgehead atoms. The Hall–Kier alpha value is -0.132. The summed E-state index contributed by atoms with van der Waals surface area (Å²) in [6, 6.07) is 31.7. The van der Waals surface area contributed by atoms with Gasteiger partial charge in [-0.25, -0.2) is 0 Å². The van der Waals surface area contributed by atoms with E-state index in [1.54, 1.807) is 20.8 Å². The van der Waals surface area contributed by atoms with Crippen molar-refractivity contribution in [1.82, 2.24) is 0 Å². The van der Waals surface area contributed by atoms with Gasteiger partial charge in [-0.2, -0.15) is 0 Å². The Balaban J connectivity index is 0. The van der Waals surface area contributed by atoms with Gasteiger partial charge in [-0.15, -0.1) is 0 Å². The summed E-state index contributed by atoms with van der Waals surface area (Å²) in [6.07, 6.45) is 0. The SMILES string of the molecule is CC(C)(C)O[O-].C[N+](C)(C)Cc1ccccc1.C[N+](C)(C)Cc1ccccc1.C[N+](C)(C)Cc1ccccc1.[O]=[Mo-2]([Br])([Br])([Br])[Br]. The van der Waals surface area contributed by atoms with Gasteiger partial charge in [-0.1, -0.05) is 91.0 Å². The zero-order valence-corrected chi connectivity index (χ0v) is 37.6. The summed E-state index contributed by atoms with van der Waals surface area (Å²) in [6.45, 7) is 4.80. The molecule has 3 rings (SSSR count).